The lowest BCUT2D eigenvalue weighted by Gasteiger charge is -2.35. The molecule has 1 aromatic rings. The molecule has 0 aromatic heterocycles. The Bertz CT molecular complexity index is 395. The molecule has 1 aliphatic rings. The highest BCUT2D eigenvalue weighted by Crippen LogP contribution is 2.26. The summed E-state index contributed by atoms with van der Waals surface area (Å²) in [4.78, 5) is 2.51. The minimum Gasteiger partial charge on any atom is -0.490 e. The Labute approximate surface area is 116 Å². The fourth-order valence-electron chi connectivity index (χ4n) is 2.65. The molecule has 0 amide bonds. The van der Waals surface area contributed by atoms with Crippen molar-refractivity contribution < 1.29 is 4.74 Å². The van der Waals surface area contributed by atoms with Crippen LogP contribution in [-0.4, -0.2) is 30.1 Å². The lowest BCUT2D eigenvalue weighted by molar-refractivity contribution is 0.0835. The van der Waals surface area contributed by atoms with E-state index in [2.05, 4.69) is 24.8 Å². The molecule has 1 unspecified atom stereocenters. The van der Waals surface area contributed by atoms with Gasteiger partial charge in [0.25, 0.3) is 0 Å². The molecule has 0 saturated carbocycles. The molecule has 2 N–H and O–H groups in total. The molecular formula is C16H26N2O. The van der Waals surface area contributed by atoms with E-state index in [1.54, 1.807) is 0 Å². The van der Waals surface area contributed by atoms with Crippen molar-refractivity contribution >= 4 is 0 Å². The van der Waals surface area contributed by atoms with Crippen LogP contribution in [0.1, 0.15) is 45.2 Å². The Kier molecular flexibility index (Phi) is 4.83. The first-order valence-electron chi connectivity index (χ1n) is 7.33. The van der Waals surface area contributed by atoms with Gasteiger partial charge in [-0.05, 0) is 39.7 Å². The lowest BCUT2D eigenvalue weighted by Crippen LogP contribution is -2.41. The minimum absolute atomic E-state index is 0.0203. The van der Waals surface area contributed by atoms with Gasteiger partial charge < -0.3 is 15.4 Å². The van der Waals surface area contributed by atoms with Crippen LogP contribution >= 0.6 is 0 Å². The van der Waals surface area contributed by atoms with E-state index in [1.165, 1.54) is 0 Å². The number of para-hydroxylation sites is 1. The predicted octanol–water partition coefficient (Wildman–Crippen LogP) is 2.96. The highest BCUT2D eigenvalue weighted by molar-refractivity contribution is 5.35. The van der Waals surface area contributed by atoms with Gasteiger partial charge in [0.2, 0.25) is 0 Å². The molecule has 106 valence electrons. The summed E-state index contributed by atoms with van der Waals surface area (Å²) < 4.78 is 6.17. The molecule has 0 spiro atoms. The average molecular weight is 262 g/mol. The number of ether oxygens (including phenoxy) is 1. The Morgan fingerprint density at radius 3 is 2.37 bits per heavy atom. The highest BCUT2D eigenvalue weighted by Gasteiger charge is 2.22. The molecule has 19 heavy (non-hydrogen) atoms. The summed E-state index contributed by atoms with van der Waals surface area (Å²) in [6, 6.07) is 8.79. The van der Waals surface area contributed by atoms with Gasteiger partial charge in [-0.1, -0.05) is 18.2 Å². The van der Waals surface area contributed by atoms with Crippen molar-refractivity contribution in [3.8, 4) is 5.75 Å². The number of nitrogens with two attached hydrogens (primary N) is 1. The second-order valence-electron chi connectivity index (χ2n) is 5.77. The molecule has 1 heterocycles. The molecular weight excluding hydrogens is 236 g/mol. The smallest absolute Gasteiger partial charge is 0.124 e. The average Bonchev–Trinajstić information content (AvgIpc) is 2.39. The summed E-state index contributed by atoms with van der Waals surface area (Å²) in [5.41, 5.74) is 7.10. The first-order chi connectivity index (χ1) is 9.08. The van der Waals surface area contributed by atoms with Gasteiger partial charge in [-0.25, -0.2) is 0 Å². The molecule has 3 nitrogen and oxygen atoms in total. The largest absolute Gasteiger partial charge is 0.490 e. The maximum atomic E-state index is 6.17. The van der Waals surface area contributed by atoms with Crippen LogP contribution in [0.3, 0.4) is 0 Å². The molecule has 0 bridgehead atoms. The third-order valence-corrected chi connectivity index (χ3v) is 3.91. The lowest BCUT2D eigenvalue weighted by atomic mass is 10.0. The van der Waals surface area contributed by atoms with E-state index >= 15 is 0 Å². The summed E-state index contributed by atoms with van der Waals surface area (Å²) in [6.07, 6.45) is 2.53. The van der Waals surface area contributed by atoms with Gasteiger partial charge in [0, 0.05) is 30.7 Å². The van der Waals surface area contributed by atoms with E-state index in [9.17, 15) is 0 Å². The zero-order chi connectivity index (χ0) is 13.8. The molecule has 2 rings (SSSR count). The van der Waals surface area contributed by atoms with Gasteiger partial charge in [-0.15, -0.1) is 0 Å². The van der Waals surface area contributed by atoms with E-state index in [0.29, 0.717) is 12.1 Å². The Morgan fingerprint density at radius 2 is 1.79 bits per heavy atom. The molecule has 3 heteroatoms. The maximum absolute atomic E-state index is 6.17. The Hall–Kier alpha value is -1.06. The topological polar surface area (TPSA) is 38.5 Å². The monoisotopic (exact) mass is 262 g/mol. The van der Waals surface area contributed by atoms with Crippen molar-refractivity contribution in [2.24, 2.45) is 5.73 Å². The van der Waals surface area contributed by atoms with Crippen LogP contribution in [0.2, 0.25) is 0 Å². The molecule has 0 aliphatic carbocycles. The standard InChI is InChI=1S/C16H26N2O/c1-12(2)18-10-8-14(9-11-18)19-16-7-5-4-6-15(16)13(3)17/h4-7,12-14H,8-11,17H2,1-3H3. The number of hydrogen-bond donors (Lipinski definition) is 1. The van der Waals surface area contributed by atoms with Crippen LogP contribution in [0, 0.1) is 0 Å². The van der Waals surface area contributed by atoms with Gasteiger partial charge in [-0.3, -0.25) is 0 Å². The first-order valence-corrected chi connectivity index (χ1v) is 7.33. The number of rotatable bonds is 4. The molecule has 1 saturated heterocycles. The van der Waals surface area contributed by atoms with Crippen LogP contribution in [-0.2, 0) is 0 Å². The number of benzene rings is 1. The second kappa shape index (κ2) is 6.40. The fraction of sp³-hybridized carbons (Fsp3) is 0.625. The SMILES string of the molecule is CC(N)c1ccccc1OC1CCN(C(C)C)CC1. The summed E-state index contributed by atoms with van der Waals surface area (Å²) in [5.74, 6) is 0.959. The van der Waals surface area contributed by atoms with Gasteiger partial charge in [0.15, 0.2) is 0 Å². The van der Waals surface area contributed by atoms with E-state index in [0.717, 1.165) is 37.2 Å². The van der Waals surface area contributed by atoms with Gasteiger partial charge >= 0.3 is 0 Å². The predicted molar refractivity (Wildman–Crippen MR) is 79.4 cm³/mol. The van der Waals surface area contributed by atoms with Crippen molar-refractivity contribution in [1.82, 2.24) is 4.90 Å². The van der Waals surface area contributed by atoms with E-state index < -0.39 is 0 Å². The number of piperidine rings is 1. The van der Waals surface area contributed by atoms with Crippen LogP contribution < -0.4 is 10.5 Å². The quantitative estimate of drug-likeness (QED) is 0.906. The number of nitrogens with zero attached hydrogens (tertiary/aromatic N) is 1. The van der Waals surface area contributed by atoms with Crippen LogP contribution in [0.25, 0.3) is 0 Å². The Balaban J connectivity index is 1.96. The molecule has 1 aromatic carbocycles. The summed E-state index contributed by atoms with van der Waals surface area (Å²) in [5, 5.41) is 0. The molecule has 1 atom stereocenters. The van der Waals surface area contributed by atoms with Gasteiger partial charge in [0.1, 0.15) is 11.9 Å². The third kappa shape index (κ3) is 3.71. The first kappa shape index (κ1) is 14.4. The van der Waals surface area contributed by atoms with Crippen molar-refractivity contribution in [3.63, 3.8) is 0 Å². The second-order valence-corrected chi connectivity index (χ2v) is 5.77. The van der Waals surface area contributed by atoms with E-state index in [-0.39, 0.29) is 6.04 Å². The maximum Gasteiger partial charge on any atom is 0.124 e. The minimum atomic E-state index is 0.0203. The van der Waals surface area contributed by atoms with Crippen molar-refractivity contribution in [2.45, 2.75) is 51.8 Å². The van der Waals surface area contributed by atoms with Crippen molar-refractivity contribution in [2.75, 3.05) is 13.1 Å². The van der Waals surface area contributed by atoms with Crippen LogP contribution in [0.4, 0.5) is 0 Å². The van der Waals surface area contributed by atoms with Gasteiger partial charge in [-0.2, -0.15) is 0 Å². The van der Waals surface area contributed by atoms with Gasteiger partial charge in [0.05, 0.1) is 0 Å². The Morgan fingerprint density at radius 1 is 1.16 bits per heavy atom. The zero-order valence-electron chi connectivity index (χ0n) is 12.3. The molecule has 0 radical (unpaired) electrons. The van der Waals surface area contributed by atoms with E-state index in [4.69, 9.17) is 10.5 Å². The number of likely N-dealkylation sites (tertiary alicyclic amines) is 1. The van der Waals surface area contributed by atoms with Crippen LogP contribution in [0.5, 0.6) is 5.75 Å². The summed E-state index contributed by atoms with van der Waals surface area (Å²) in [6.45, 7) is 8.77. The van der Waals surface area contributed by atoms with Crippen molar-refractivity contribution in [3.05, 3.63) is 29.8 Å². The third-order valence-electron chi connectivity index (χ3n) is 3.91. The van der Waals surface area contributed by atoms with E-state index in [1.807, 2.05) is 25.1 Å². The summed E-state index contributed by atoms with van der Waals surface area (Å²) >= 11 is 0. The van der Waals surface area contributed by atoms with Crippen LogP contribution in [0.15, 0.2) is 24.3 Å². The highest BCUT2D eigenvalue weighted by atomic mass is 16.5. The zero-order valence-corrected chi connectivity index (χ0v) is 12.3. The fourth-order valence-corrected chi connectivity index (χ4v) is 2.65. The van der Waals surface area contributed by atoms with Crippen molar-refractivity contribution in [1.29, 1.82) is 0 Å². The molecule has 1 aliphatic heterocycles. The number of hydrogen-bond acceptors (Lipinski definition) is 3. The normalized spacial score (nSPS) is 19.6. The summed E-state index contributed by atoms with van der Waals surface area (Å²) in [7, 11) is 0. The molecule has 1 fully saturated rings.